The largest absolute Gasteiger partial charge is 0.481 e. The van der Waals surface area contributed by atoms with Gasteiger partial charge in [0, 0.05) is 17.3 Å². The quantitative estimate of drug-likeness (QED) is 0.773. The molecule has 0 unspecified atom stereocenters. The van der Waals surface area contributed by atoms with Crippen LogP contribution in [0.5, 0.6) is 0 Å². The molecule has 0 aromatic heterocycles. The number of aliphatic carboxylic acids is 1. The molecule has 2 atom stereocenters. The lowest BCUT2D eigenvalue weighted by Crippen LogP contribution is -2.28. The lowest BCUT2D eigenvalue weighted by molar-refractivity contribution is -0.140. The minimum Gasteiger partial charge on any atom is -0.481 e. The molecule has 24 heavy (non-hydrogen) atoms. The standard InChI is InChI=1S/C18H22N2O4/c1-18(2)13(14(18)17(23)24)16(22)20-12-8-4-7-11(9-12)19-15(21)10-5-3-6-10/h4,7-10,13-14H,3,5-6H2,1-2H3,(H,19,21)(H,20,22)(H,23,24)/t13-,14+/m1/s1. The van der Waals surface area contributed by atoms with E-state index >= 15 is 0 Å². The van der Waals surface area contributed by atoms with Crippen LogP contribution < -0.4 is 10.6 Å². The molecular weight excluding hydrogens is 308 g/mol. The molecule has 1 aromatic carbocycles. The zero-order valence-electron chi connectivity index (χ0n) is 13.8. The van der Waals surface area contributed by atoms with Crippen molar-refractivity contribution in [3.8, 4) is 0 Å². The average molecular weight is 330 g/mol. The Morgan fingerprint density at radius 2 is 1.62 bits per heavy atom. The number of anilines is 2. The molecule has 0 spiro atoms. The van der Waals surface area contributed by atoms with E-state index in [4.69, 9.17) is 0 Å². The van der Waals surface area contributed by atoms with E-state index in [-0.39, 0.29) is 17.7 Å². The Morgan fingerprint density at radius 3 is 2.08 bits per heavy atom. The van der Waals surface area contributed by atoms with Gasteiger partial charge in [-0.15, -0.1) is 0 Å². The van der Waals surface area contributed by atoms with Crippen LogP contribution in [0.25, 0.3) is 0 Å². The maximum absolute atomic E-state index is 12.3. The second kappa shape index (κ2) is 5.92. The highest BCUT2D eigenvalue weighted by molar-refractivity contribution is 6.00. The van der Waals surface area contributed by atoms with Gasteiger partial charge in [-0.2, -0.15) is 0 Å². The SMILES string of the molecule is CC1(C)[C@H](C(=O)O)[C@@H]1C(=O)Nc1cccc(NC(=O)C2CCC2)c1. The monoisotopic (exact) mass is 330 g/mol. The Morgan fingerprint density at radius 1 is 1.04 bits per heavy atom. The molecule has 2 aliphatic carbocycles. The van der Waals surface area contributed by atoms with Gasteiger partial charge in [-0.05, 0) is 36.5 Å². The number of hydrogen-bond donors (Lipinski definition) is 3. The summed E-state index contributed by atoms with van der Waals surface area (Å²) in [5.74, 6) is -2.33. The van der Waals surface area contributed by atoms with Gasteiger partial charge in [0.15, 0.2) is 0 Å². The van der Waals surface area contributed by atoms with Crippen molar-refractivity contribution in [1.82, 2.24) is 0 Å². The minimum atomic E-state index is -0.943. The number of benzene rings is 1. The molecule has 0 bridgehead atoms. The highest BCUT2D eigenvalue weighted by Gasteiger charge is 2.65. The number of carboxylic acids is 1. The molecule has 2 aliphatic rings. The Balaban J connectivity index is 1.63. The highest BCUT2D eigenvalue weighted by Crippen LogP contribution is 2.58. The summed E-state index contributed by atoms with van der Waals surface area (Å²) in [6.45, 7) is 3.57. The van der Waals surface area contributed by atoms with Gasteiger partial charge in [-0.3, -0.25) is 14.4 Å². The van der Waals surface area contributed by atoms with Gasteiger partial charge in [-0.1, -0.05) is 26.3 Å². The van der Waals surface area contributed by atoms with Crippen LogP contribution in [-0.2, 0) is 14.4 Å². The summed E-state index contributed by atoms with van der Waals surface area (Å²) in [4.78, 5) is 35.5. The van der Waals surface area contributed by atoms with E-state index in [1.165, 1.54) is 0 Å². The molecule has 1 aromatic rings. The van der Waals surface area contributed by atoms with Gasteiger partial charge in [-0.25, -0.2) is 0 Å². The molecule has 2 amide bonds. The zero-order chi connectivity index (χ0) is 17.5. The van der Waals surface area contributed by atoms with Crippen molar-refractivity contribution in [1.29, 1.82) is 0 Å². The topological polar surface area (TPSA) is 95.5 Å². The highest BCUT2D eigenvalue weighted by atomic mass is 16.4. The van der Waals surface area contributed by atoms with Crippen LogP contribution in [-0.4, -0.2) is 22.9 Å². The van der Waals surface area contributed by atoms with Gasteiger partial charge < -0.3 is 15.7 Å². The maximum atomic E-state index is 12.3. The number of carboxylic acid groups (broad SMARTS) is 1. The van der Waals surface area contributed by atoms with E-state index in [0.29, 0.717) is 11.4 Å². The second-order valence-electron chi connectivity index (χ2n) is 7.30. The van der Waals surface area contributed by atoms with E-state index < -0.39 is 23.2 Å². The molecule has 0 radical (unpaired) electrons. The molecule has 6 nitrogen and oxygen atoms in total. The fraction of sp³-hybridized carbons (Fsp3) is 0.500. The molecule has 128 valence electrons. The number of nitrogens with one attached hydrogen (secondary N) is 2. The first-order valence-corrected chi connectivity index (χ1v) is 8.25. The number of rotatable bonds is 5. The Kier molecular flexibility index (Phi) is 4.07. The molecule has 3 rings (SSSR count). The summed E-state index contributed by atoms with van der Waals surface area (Å²) in [7, 11) is 0. The minimum absolute atomic E-state index is 0.0130. The fourth-order valence-electron chi connectivity index (χ4n) is 3.40. The third-order valence-corrected chi connectivity index (χ3v) is 5.25. The second-order valence-corrected chi connectivity index (χ2v) is 7.30. The van der Waals surface area contributed by atoms with E-state index in [1.807, 2.05) is 0 Å². The van der Waals surface area contributed by atoms with Crippen molar-refractivity contribution < 1.29 is 19.5 Å². The third-order valence-electron chi connectivity index (χ3n) is 5.25. The van der Waals surface area contributed by atoms with Crippen molar-refractivity contribution in [2.45, 2.75) is 33.1 Å². The Hall–Kier alpha value is -2.37. The molecule has 0 saturated heterocycles. The van der Waals surface area contributed by atoms with Crippen LogP contribution >= 0.6 is 0 Å². The predicted octanol–water partition coefficient (Wildman–Crippen LogP) is 2.72. The average Bonchev–Trinajstić information content (AvgIpc) is 3.00. The van der Waals surface area contributed by atoms with Crippen LogP contribution in [0.4, 0.5) is 11.4 Å². The first-order chi connectivity index (χ1) is 11.3. The van der Waals surface area contributed by atoms with E-state index in [9.17, 15) is 19.5 Å². The van der Waals surface area contributed by atoms with Crippen LogP contribution in [0.15, 0.2) is 24.3 Å². The molecule has 2 saturated carbocycles. The van der Waals surface area contributed by atoms with E-state index in [1.54, 1.807) is 38.1 Å². The lowest BCUT2D eigenvalue weighted by atomic mass is 9.85. The number of carbonyl (C=O) groups excluding carboxylic acids is 2. The molecule has 0 aliphatic heterocycles. The van der Waals surface area contributed by atoms with Gasteiger partial charge in [0.25, 0.3) is 0 Å². The smallest absolute Gasteiger partial charge is 0.307 e. The van der Waals surface area contributed by atoms with Crippen molar-refractivity contribution >= 4 is 29.2 Å². The molecule has 6 heteroatoms. The maximum Gasteiger partial charge on any atom is 0.307 e. The summed E-state index contributed by atoms with van der Waals surface area (Å²) in [6.07, 6.45) is 2.95. The van der Waals surface area contributed by atoms with Crippen LogP contribution in [0, 0.1) is 23.2 Å². The fourth-order valence-corrected chi connectivity index (χ4v) is 3.40. The normalized spacial score (nSPS) is 24.6. The first kappa shape index (κ1) is 16.5. The van der Waals surface area contributed by atoms with E-state index in [2.05, 4.69) is 10.6 Å². The third kappa shape index (κ3) is 3.00. The van der Waals surface area contributed by atoms with Gasteiger partial charge in [0.1, 0.15) is 0 Å². The number of carbonyl (C=O) groups is 3. The summed E-state index contributed by atoms with van der Waals surface area (Å²) >= 11 is 0. The lowest BCUT2D eigenvalue weighted by Gasteiger charge is -2.24. The van der Waals surface area contributed by atoms with Gasteiger partial charge in [0.05, 0.1) is 11.8 Å². The van der Waals surface area contributed by atoms with E-state index in [0.717, 1.165) is 19.3 Å². The van der Waals surface area contributed by atoms with Crippen LogP contribution in [0.2, 0.25) is 0 Å². The number of amides is 2. The molecular formula is C18H22N2O4. The van der Waals surface area contributed by atoms with Crippen molar-refractivity contribution in [2.24, 2.45) is 23.2 Å². The summed E-state index contributed by atoms with van der Waals surface area (Å²) < 4.78 is 0. The first-order valence-electron chi connectivity index (χ1n) is 8.25. The van der Waals surface area contributed by atoms with Gasteiger partial charge >= 0.3 is 5.97 Å². The number of hydrogen-bond acceptors (Lipinski definition) is 3. The van der Waals surface area contributed by atoms with Crippen molar-refractivity contribution in [2.75, 3.05) is 10.6 Å². The van der Waals surface area contributed by atoms with Crippen LogP contribution in [0.3, 0.4) is 0 Å². The molecule has 0 heterocycles. The molecule has 3 N–H and O–H groups in total. The summed E-state index contributed by atoms with van der Waals surface area (Å²) in [5.41, 5.74) is 0.652. The van der Waals surface area contributed by atoms with Crippen molar-refractivity contribution in [3.63, 3.8) is 0 Å². The van der Waals surface area contributed by atoms with Crippen LogP contribution in [0.1, 0.15) is 33.1 Å². The molecule has 2 fully saturated rings. The summed E-state index contributed by atoms with van der Waals surface area (Å²) in [6, 6.07) is 6.94. The predicted molar refractivity (Wildman–Crippen MR) is 89.4 cm³/mol. The summed E-state index contributed by atoms with van der Waals surface area (Å²) in [5, 5.41) is 14.8. The van der Waals surface area contributed by atoms with Gasteiger partial charge in [0.2, 0.25) is 11.8 Å². The van der Waals surface area contributed by atoms with Crippen molar-refractivity contribution in [3.05, 3.63) is 24.3 Å². The Labute approximate surface area is 140 Å². The Bertz CT molecular complexity index is 694. The zero-order valence-corrected chi connectivity index (χ0v) is 13.8.